The molecule has 0 bridgehead atoms. The maximum atomic E-state index is 12.3. The van der Waals surface area contributed by atoms with Crippen LogP contribution < -0.4 is 9.47 Å². The molecule has 0 atom stereocenters. The monoisotopic (exact) mass is 348 g/mol. The van der Waals surface area contributed by atoms with Crippen LogP contribution in [0.3, 0.4) is 0 Å². The Balaban J connectivity index is 1.57. The molecule has 0 aromatic heterocycles. The first-order valence-corrected chi connectivity index (χ1v) is 9.20. The van der Waals surface area contributed by atoms with Gasteiger partial charge in [-0.2, -0.15) is 0 Å². The summed E-state index contributed by atoms with van der Waals surface area (Å²) < 4.78 is 11.2. The van der Waals surface area contributed by atoms with E-state index in [1.54, 1.807) is 12.1 Å². The third-order valence-corrected chi connectivity index (χ3v) is 4.29. The van der Waals surface area contributed by atoms with Gasteiger partial charge in [0, 0.05) is 0 Å². The molecule has 0 aliphatic rings. The van der Waals surface area contributed by atoms with E-state index in [9.17, 15) is 4.79 Å². The Morgan fingerprint density at radius 1 is 0.808 bits per heavy atom. The van der Waals surface area contributed by atoms with Crippen LogP contribution in [0.5, 0.6) is 11.5 Å². The minimum Gasteiger partial charge on any atom is -0.494 e. The van der Waals surface area contributed by atoms with Gasteiger partial charge in [0.05, 0.1) is 12.2 Å². The number of rotatable bonds is 8. The van der Waals surface area contributed by atoms with E-state index in [-0.39, 0.29) is 5.97 Å². The van der Waals surface area contributed by atoms with Crippen molar-refractivity contribution in [3.05, 3.63) is 72.3 Å². The molecular formula is C23H24O3. The van der Waals surface area contributed by atoms with Gasteiger partial charge in [0.25, 0.3) is 0 Å². The fraction of sp³-hybridized carbons (Fsp3) is 0.261. The lowest BCUT2D eigenvalue weighted by molar-refractivity contribution is 0.0735. The fourth-order valence-corrected chi connectivity index (χ4v) is 2.80. The molecule has 0 amide bonds. The average Bonchev–Trinajstić information content (AvgIpc) is 2.68. The van der Waals surface area contributed by atoms with E-state index in [2.05, 4.69) is 6.92 Å². The van der Waals surface area contributed by atoms with Crippen LogP contribution in [0.2, 0.25) is 0 Å². The molecule has 134 valence electrons. The van der Waals surface area contributed by atoms with Gasteiger partial charge >= 0.3 is 5.97 Å². The molecule has 0 saturated carbocycles. The molecule has 0 N–H and O–H groups in total. The maximum absolute atomic E-state index is 12.3. The number of unbranched alkanes of at least 4 members (excludes halogenated alkanes) is 3. The highest BCUT2D eigenvalue weighted by molar-refractivity contribution is 5.92. The van der Waals surface area contributed by atoms with Gasteiger partial charge in [-0.25, -0.2) is 4.79 Å². The Kier molecular flexibility index (Phi) is 6.26. The summed E-state index contributed by atoms with van der Waals surface area (Å²) in [5.41, 5.74) is 0.511. The Bertz CT molecular complexity index is 853. The number of esters is 1. The van der Waals surface area contributed by atoms with Crippen LogP contribution in [0.4, 0.5) is 0 Å². The van der Waals surface area contributed by atoms with Crippen molar-refractivity contribution >= 4 is 16.7 Å². The van der Waals surface area contributed by atoms with Crippen molar-refractivity contribution in [2.24, 2.45) is 0 Å². The molecule has 3 aromatic carbocycles. The average molecular weight is 348 g/mol. The standard InChI is InChI=1S/C23H24O3/c1-2-3-4-7-16-25-21-13-11-19(12-14-21)23(24)26-22-15-10-18-8-5-6-9-20(18)17-22/h5-6,8-15,17H,2-4,7,16H2,1H3. The van der Waals surface area contributed by atoms with Crippen LogP contribution in [0.15, 0.2) is 66.7 Å². The smallest absolute Gasteiger partial charge is 0.343 e. The number of ether oxygens (including phenoxy) is 2. The van der Waals surface area contributed by atoms with Gasteiger partial charge in [-0.05, 0) is 53.6 Å². The number of hydrogen-bond donors (Lipinski definition) is 0. The second kappa shape index (κ2) is 9.04. The lowest BCUT2D eigenvalue weighted by atomic mass is 10.1. The third kappa shape index (κ3) is 4.85. The topological polar surface area (TPSA) is 35.5 Å². The van der Waals surface area contributed by atoms with Gasteiger partial charge in [-0.3, -0.25) is 0 Å². The van der Waals surface area contributed by atoms with Gasteiger partial charge < -0.3 is 9.47 Å². The summed E-state index contributed by atoms with van der Waals surface area (Å²) in [6, 6.07) is 20.7. The lowest BCUT2D eigenvalue weighted by Gasteiger charge is -2.08. The summed E-state index contributed by atoms with van der Waals surface area (Å²) in [7, 11) is 0. The van der Waals surface area contributed by atoms with Gasteiger partial charge in [0.15, 0.2) is 0 Å². The Morgan fingerprint density at radius 3 is 2.31 bits per heavy atom. The lowest BCUT2D eigenvalue weighted by Crippen LogP contribution is -2.08. The van der Waals surface area contributed by atoms with Gasteiger partial charge in [-0.15, -0.1) is 0 Å². The minimum absolute atomic E-state index is 0.366. The SMILES string of the molecule is CCCCCCOc1ccc(C(=O)Oc2ccc3ccccc3c2)cc1. The number of benzene rings is 3. The van der Waals surface area contributed by atoms with Crippen molar-refractivity contribution in [3.8, 4) is 11.5 Å². The van der Waals surface area contributed by atoms with E-state index in [0.29, 0.717) is 17.9 Å². The molecule has 3 nitrogen and oxygen atoms in total. The first-order chi connectivity index (χ1) is 12.8. The van der Waals surface area contributed by atoms with E-state index >= 15 is 0 Å². The molecule has 26 heavy (non-hydrogen) atoms. The molecule has 3 rings (SSSR count). The van der Waals surface area contributed by atoms with Crippen molar-refractivity contribution in [1.82, 2.24) is 0 Å². The highest BCUT2D eigenvalue weighted by Crippen LogP contribution is 2.22. The third-order valence-electron chi connectivity index (χ3n) is 4.29. The zero-order valence-electron chi connectivity index (χ0n) is 15.1. The summed E-state index contributed by atoms with van der Waals surface area (Å²) in [6.45, 7) is 2.90. The Hall–Kier alpha value is -2.81. The predicted octanol–water partition coefficient (Wildman–Crippen LogP) is 6.02. The van der Waals surface area contributed by atoms with Gasteiger partial charge in [0.1, 0.15) is 11.5 Å². The predicted molar refractivity (Wildman–Crippen MR) is 105 cm³/mol. The normalized spacial score (nSPS) is 10.7. The molecule has 0 unspecified atom stereocenters. The molecule has 0 fully saturated rings. The summed E-state index contributed by atoms with van der Waals surface area (Å²) in [6.07, 6.45) is 4.70. The quantitative estimate of drug-likeness (QED) is 0.284. The molecule has 0 aliphatic heterocycles. The fourth-order valence-electron chi connectivity index (χ4n) is 2.80. The number of hydrogen-bond acceptors (Lipinski definition) is 3. The van der Waals surface area contributed by atoms with Gasteiger partial charge in [-0.1, -0.05) is 56.5 Å². The Labute approximate surface area is 154 Å². The van der Waals surface area contributed by atoms with Crippen molar-refractivity contribution in [2.75, 3.05) is 6.61 Å². The summed E-state index contributed by atoms with van der Waals surface area (Å²) in [4.78, 5) is 12.3. The molecular weight excluding hydrogens is 324 g/mol. The summed E-state index contributed by atoms with van der Waals surface area (Å²) in [5.74, 6) is 0.962. The van der Waals surface area contributed by atoms with E-state index < -0.39 is 0 Å². The molecule has 3 heteroatoms. The van der Waals surface area contributed by atoms with Gasteiger partial charge in [0.2, 0.25) is 0 Å². The number of fused-ring (bicyclic) bond motifs is 1. The largest absolute Gasteiger partial charge is 0.494 e. The maximum Gasteiger partial charge on any atom is 0.343 e. The highest BCUT2D eigenvalue weighted by Gasteiger charge is 2.09. The van der Waals surface area contributed by atoms with E-state index in [4.69, 9.17) is 9.47 Å². The van der Waals surface area contributed by atoms with E-state index in [1.807, 2.05) is 54.6 Å². The van der Waals surface area contributed by atoms with Crippen LogP contribution in [-0.2, 0) is 0 Å². The Morgan fingerprint density at radius 2 is 1.54 bits per heavy atom. The van der Waals surface area contributed by atoms with Crippen molar-refractivity contribution in [2.45, 2.75) is 32.6 Å². The number of carbonyl (C=O) groups is 1. The summed E-state index contributed by atoms with van der Waals surface area (Å²) in [5, 5.41) is 2.16. The van der Waals surface area contributed by atoms with Crippen LogP contribution in [0.25, 0.3) is 10.8 Å². The van der Waals surface area contributed by atoms with Crippen molar-refractivity contribution in [1.29, 1.82) is 0 Å². The van der Waals surface area contributed by atoms with Crippen molar-refractivity contribution in [3.63, 3.8) is 0 Å². The number of carbonyl (C=O) groups excluding carboxylic acids is 1. The molecule has 3 aromatic rings. The molecule has 0 aliphatic carbocycles. The van der Waals surface area contributed by atoms with Crippen LogP contribution in [0.1, 0.15) is 43.0 Å². The van der Waals surface area contributed by atoms with Crippen LogP contribution >= 0.6 is 0 Å². The molecule has 0 radical (unpaired) electrons. The van der Waals surface area contributed by atoms with Crippen LogP contribution in [0, 0.1) is 0 Å². The zero-order chi connectivity index (χ0) is 18.2. The van der Waals surface area contributed by atoms with Crippen molar-refractivity contribution < 1.29 is 14.3 Å². The van der Waals surface area contributed by atoms with E-state index in [0.717, 1.165) is 22.9 Å². The second-order valence-electron chi connectivity index (χ2n) is 6.33. The van der Waals surface area contributed by atoms with Crippen LogP contribution in [-0.4, -0.2) is 12.6 Å². The molecule has 0 spiro atoms. The second-order valence-corrected chi connectivity index (χ2v) is 6.33. The first kappa shape index (κ1) is 18.0. The minimum atomic E-state index is -0.366. The highest BCUT2D eigenvalue weighted by atomic mass is 16.5. The first-order valence-electron chi connectivity index (χ1n) is 9.20. The van der Waals surface area contributed by atoms with E-state index in [1.165, 1.54) is 19.3 Å². The molecule has 0 saturated heterocycles. The summed E-state index contributed by atoms with van der Waals surface area (Å²) >= 11 is 0. The molecule has 0 heterocycles. The zero-order valence-corrected chi connectivity index (χ0v) is 15.1.